The smallest absolute Gasteiger partial charge is 0.407 e. The molecule has 2 N–H and O–H groups in total. The lowest BCUT2D eigenvalue weighted by atomic mass is 10.0. The molecule has 1 amide bonds. The van der Waals surface area contributed by atoms with Gasteiger partial charge in [0.1, 0.15) is 18.5 Å². The highest BCUT2D eigenvalue weighted by molar-refractivity contribution is 7.41. The van der Waals surface area contributed by atoms with E-state index in [1.165, 1.54) is 97.0 Å². The summed E-state index contributed by atoms with van der Waals surface area (Å²) in [6.45, 7) is 3.66. The van der Waals surface area contributed by atoms with E-state index in [0.29, 0.717) is 12.3 Å². The van der Waals surface area contributed by atoms with Gasteiger partial charge in [-0.1, -0.05) is 127 Å². The number of carbonyl (C=O) groups excluding carboxylic acids is 1. The predicted octanol–water partition coefficient (Wildman–Crippen LogP) is 8.70. The van der Waals surface area contributed by atoms with Crippen LogP contribution in [0.3, 0.4) is 0 Å². The maximum absolute atomic E-state index is 12.0. The highest BCUT2D eigenvalue weighted by atomic mass is 32.1. The number of benzene rings is 1. The van der Waals surface area contributed by atoms with Crippen molar-refractivity contribution in [3.8, 4) is 5.75 Å². The Morgan fingerprint density at radius 3 is 2.14 bits per heavy atom. The number of rotatable bonds is 27. The van der Waals surface area contributed by atoms with Crippen molar-refractivity contribution < 1.29 is 32.8 Å². The number of hydrogen-bond donors (Lipinski definition) is 2. The van der Waals surface area contributed by atoms with E-state index in [2.05, 4.69) is 16.8 Å². The molecular formula is C33H56N2O6PS+. The van der Waals surface area contributed by atoms with Crippen LogP contribution in [-0.4, -0.2) is 44.0 Å². The number of carbonyl (C=O) groups is 1. The summed E-state index contributed by atoms with van der Waals surface area (Å²) in [6.07, 6.45) is 22.2. The molecule has 0 aliphatic heterocycles. The third kappa shape index (κ3) is 20.0. The van der Waals surface area contributed by atoms with Gasteiger partial charge >= 0.3 is 14.7 Å². The monoisotopic (exact) mass is 639 g/mol. The minimum atomic E-state index is -2.15. The molecule has 43 heavy (non-hydrogen) atoms. The molecule has 0 saturated heterocycles. The number of nitrogens with one attached hydrogen (secondary N) is 1. The van der Waals surface area contributed by atoms with E-state index in [9.17, 15) is 9.69 Å². The van der Waals surface area contributed by atoms with Gasteiger partial charge in [0.2, 0.25) is 5.51 Å². The summed E-state index contributed by atoms with van der Waals surface area (Å²) in [5.74, 6) is 0.528. The lowest BCUT2D eigenvalue weighted by molar-refractivity contribution is -0.683. The number of nitrogens with zero attached hydrogens (tertiary/aromatic N) is 1. The Bertz CT molecular complexity index is 936. The van der Waals surface area contributed by atoms with Crippen LogP contribution in [0.5, 0.6) is 5.75 Å². The molecule has 10 heteroatoms. The Hall–Kier alpha value is -1.77. The summed E-state index contributed by atoms with van der Waals surface area (Å²) in [6, 6.07) is 7.53. The molecule has 0 aliphatic rings. The molecule has 0 spiro atoms. The van der Waals surface area contributed by atoms with E-state index >= 15 is 0 Å². The third-order valence-electron chi connectivity index (χ3n) is 7.38. The van der Waals surface area contributed by atoms with E-state index in [1.807, 2.05) is 35.3 Å². The van der Waals surface area contributed by atoms with E-state index in [0.717, 1.165) is 24.9 Å². The van der Waals surface area contributed by atoms with E-state index in [1.54, 1.807) is 17.4 Å². The average molecular weight is 640 g/mol. The standard InChI is InChI=1S/C33H55N2O6PS/c1-3-4-5-6-7-8-9-10-11-12-13-14-15-16-17-18-22-34-33(36)39-27-32(38-2)28-40-42(37)41-31-21-19-20-30(25-31)26-35-23-24-43-29-35/h19-21,23-25,29,32,37H,3-18,22,26-28H2,1-2H3/p+1. The van der Waals surface area contributed by atoms with Crippen molar-refractivity contribution in [3.63, 3.8) is 0 Å². The largest absolute Gasteiger partial charge is 0.447 e. The summed E-state index contributed by atoms with van der Waals surface area (Å²) in [7, 11) is -0.640. The molecule has 244 valence electrons. The Labute approximate surface area is 265 Å². The van der Waals surface area contributed by atoms with Gasteiger partial charge in [-0.2, -0.15) is 4.57 Å². The average Bonchev–Trinajstić information content (AvgIpc) is 3.52. The summed E-state index contributed by atoms with van der Waals surface area (Å²) in [5, 5.41) is 4.82. The zero-order chi connectivity index (χ0) is 30.8. The molecule has 0 bridgehead atoms. The maximum Gasteiger partial charge on any atom is 0.407 e. The summed E-state index contributed by atoms with van der Waals surface area (Å²) < 4.78 is 23.7. The fourth-order valence-corrected chi connectivity index (χ4v) is 6.03. The molecule has 1 aromatic heterocycles. The number of thiazole rings is 1. The van der Waals surface area contributed by atoms with Crippen molar-refractivity contribution >= 4 is 26.0 Å². The number of aromatic nitrogens is 1. The SMILES string of the molecule is CCCCCCCCCCCCCCCCCCNC(=O)OCC(COP(O)Oc1cccc(C[n+]2ccsc2)c1)OC. The molecule has 0 saturated carbocycles. The molecule has 2 atom stereocenters. The maximum atomic E-state index is 12.0. The second-order valence-electron chi connectivity index (χ2n) is 11.2. The van der Waals surface area contributed by atoms with Gasteiger partial charge in [0, 0.05) is 19.2 Å². The van der Waals surface area contributed by atoms with Crippen LogP contribution < -0.4 is 14.4 Å². The Morgan fingerprint density at radius 1 is 0.930 bits per heavy atom. The number of amides is 1. The van der Waals surface area contributed by atoms with Crippen LogP contribution in [0.15, 0.2) is 41.4 Å². The molecule has 2 rings (SSSR count). The first kappa shape index (κ1) is 37.4. The van der Waals surface area contributed by atoms with Gasteiger partial charge in [-0.25, -0.2) is 4.79 Å². The number of alkyl carbamates (subject to hydrolysis) is 1. The van der Waals surface area contributed by atoms with E-state index < -0.39 is 20.8 Å². The van der Waals surface area contributed by atoms with Crippen LogP contribution in [0.25, 0.3) is 0 Å². The van der Waals surface area contributed by atoms with Crippen LogP contribution in [0.2, 0.25) is 0 Å². The first-order chi connectivity index (χ1) is 21.1. The second-order valence-corrected chi connectivity index (χ2v) is 12.8. The third-order valence-corrected chi connectivity index (χ3v) is 8.79. The first-order valence-corrected chi connectivity index (χ1v) is 18.4. The number of unbranched alkanes of at least 4 members (excludes halogenated alkanes) is 15. The van der Waals surface area contributed by atoms with Crippen molar-refractivity contribution in [3.05, 3.63) is 46.9 Å². The van der Waals surface area contributed by atoms with Gasteiger partial charge in [-0.3, -0.25) is 4.52 Å². The Kier molecular flexibility index (Phi) is 22.2. The van der Waals surface area contributed by atoms with Crippen molar-refractivity contribution in [1.82, 2.24) is 5.32 Å². The van der Waals surface area contributed by atoms with Gasteiger partial charge in [0.05, 0.1) is 12.0 Å². The van der Waals surface area contributed by atoms with Gasteiger partial charge in [-0.15, -0.1) is 0 Å². The van der Waals surface area contributed by atoms with Crippen molar-refractivity contribution in [2.45, 2.75) is 122 Å². The van der Waals surface area contributed by atoms with Gasteiger partial charge in [0.25, 0.3) is 0 Å². The number of ether oxygens (including phenoxy) is 2. The quantitative estimate of drug-likeness (QED) is 0.0578. The van der Waals surface area contributed by atoms with Crippen molar-refractivity contribution in [1.29, 1.82) is 0 Å². The highest BCUT2D eigenvalue weighted by Crippen LogP contribution is 2.35. The van der Waals surface area contributed by atoms with Gasteiger partial charge in [-0.05, 0) is 18.6 Å². The van der Waals surface area contributed by atoms with E-state index in [-0.39, 0.29) is 13.2 Å². The fraction of sp³-hybridized carbons (Fsp3) is 0.697. The highest BCUT2D eigenvalue weighted by Gasteiger charge is 2.17. The minimum Gasteiger partial charge on any atom is -0.447 e. The number of methoxy groups -OCH3 is 1. The van der Waals surface area contributed by atoms with Crippen LogP contribution >= 0.6 is 19.9 Å². The molecular weight excluding hydrogens is 583 g/mol. The normalized spacial score (nSPS) is 12.6. The van der Waals surface area contributed by atoms with Crippen LogP contribution in [0.4, 0.5) is 4.79 Å². The summed E-state index contributed by atoms with van der Waals surface area (Å²) >= 11 is 1.63. The molecule has 0 radical (unpaired) electrons. The molecule has 1 heterocycles. The van der Waals surface area contributed by atoms with Gasteiger partial charge < -0.3 is 24.2 Å². The van der Waals surface area contributed by atoms with Crippen LogP contribution in [0, 0.1) is 0 Å². The Morgan fingerprint density at radius 2 is 1.56 bits per heavy atom. The lowest BCUT2D eigenvalue weighted by Crippen LogP contribution is -2.31. The molecule has 8 nitrogen and oxygen atoms in total. The predicted molar refractivity (Wildman–Crippen MR) is 175 cm³/mol. The zero-order valence-corrected chi connectivity index (χ0v) is 28.3. The second kappa shape index (κ2) is 25.5. The molecule has 1 aromatic carbocycles. The minimum absolute atomic E-state index is 0.0256. The molecule has 2 unspecified atom stereocenters. The van der Waals surface area contributed by atoms with Crippen molar-refractivity contribution in [2.75, 3.05) is 26.9 Å². The molecule has 0 fully saturated rings. The molecule has 0 aliphatic carbocycles. The van der Waals surface area contributed by atoms with Crippen LogP contribution in [0.1, 0.15) is 115 Å². The molecule has 2 aromatic rings. The summed E-state index contributed by atoms with van der Waals surface area (Å²) in [5.41, 5.74) is 3.09. The van der Waals surface area contributed by atoms with E-state index in [4.69, 9.17) is 18.5 Å². The van der Waals surface area contributed by atoms with Crippen LogP contribution in [-0.2, 0) is 20.5 Å². The van der Waals surface area contributed by atoms with Crippen molar-refractivity contribution in [2.24, 2.45) is 0 Å². The zero-order valence-electron chi connectivity index (χ0n) is 26.6. The topological polar surface area (TPSA) is 90.1 Å². The lowest BCUT2D eigenvalue weighted by Gasteiger charge is -2.18. The summed E-state index contributed by atoms with van der Waals surface area (Å²) in [4.78, 5) is 22.3. The first-order valence-electron chi connectivity index (χ1n) is 16.3. The Balaban J connectivity index is 1.41. The number of hydrogen-bond acceptors (Lipinski definition) is 7. The van der Waals surface area contributed by atoms with Gasteiger partial charge in [0.15, 0.2) is 12.7 Å². The fourth-order valence-electron chi connectivity index (χ4n) is 4.79.